The third-order valence-corrected chi connectivity index (χ3v) is 4.20. The highest BCUT2D eigenvalue weighted by Crippen LogP contribution is 2.19. The maximum atomic E-state index is 12.3. The van der Waals surface area contributed by atoms with Gasteiger partial charge in [-0.25, -0.2) is 14.4 Å². The molecule has 0 saturated heterocycles. The molecule has 0 amide bonds. The number of benzene rings is 3. The maximum absolute atomic E-state index is 12.3. The molecule has 0 aromatic heterocycles. The number of hydrogen-bond donors (Lipinski definition) is 0. The Hall–Kier alpha value is -4.13. The molecule has 0 unspecified atom stereocenters. The van der Waals surface area contributed by atoms with Crippen LogP contribution < -0.4 is 14.2 Å². The van der Waals surface area contributed by atoms with E-state index >= 15 is 0 Å². The average Bonchev–Trinajstić information content (AvgIpc) is 2.80. The first kappa shape index (κ1) is 21.6. The fraction of sp³-hybridized carbons (Fsp3) is 0.125. The summed E-state index contributed by atoms with van der Waals surface area (Å²) in [5, 5.41) is 0. The third kappa shape index (κ3) is 5.70. The Bertz CT molecular complexity index is 1050. The molecule has 7 heteroatoms. The molecule has 0 fully saturated rings. The minimum atomic E-state index is -0.586. The molecule has 0 bridgehead atoms. The second-order valence-corrected chi connectivity index (χ2v) is 6.28. The van der Waals surface area contributed by atoms with E-state index in [-0.39, 0.29) is 23.7 Å². The summed E-state index contributed by atoms with van der Waals surface area (Å²) in [5.41, 5.74) is 1.01. The standard InChI is InChI=1S/C24H20O7/c1-3-29-22(25)16-6-12-20(13-7-16)30-24(27)18-8-14-21(15-9-18)31-23(26)17-4-10-19(28-2)11-5-17/h4-15H,3H2,1-2H3. The van der Waals surface area contributed by atoms with Gasteiger partial charge in [-0.3, -0.25) is 0 Å². The van der Waals surface area contributed by atoms with Crippen LogP contribution in [0.5, 0.6) is 17.2 Å². The molecule has 158 valence electrons. The van der Waals surface area contributed by atoms with E-state index in [4.69, 9.17) is 18.9 Å². The van der Waals surface area contributed by atoms with Gasteiger partial charge in [0.15, 0.2) is 0 Å². The molecule has 0 aliphatic rings. The van der Waals surface area contributed by atoms with Crippen LogP contribution in [-0.4, -0.2) is 31.6 Å². The summed E-state index contributed by atoms with van der Waals surface area (Å²) in [4.78, 5) is 36.2. The topological polar surface area (TPSA) is 88.1 Å². The van der Waals surface area contributed by atoms with E-state index in [9.17, 15) is 14.4 Å². The van der Waals surface area contributed by atoms with Gasteiger partial charge in [0.25, 0.3) is 0 Å². The number of carbonyl (C=O) groups excluding carboxylic acids is 3. The van der Waals surface area contributed by atoms with Gasteiger partial charge in [-0.15, -0.1) is 0 Å². The molecule has 0 spiro atoms. The van der Waals surface area contributed by atoms with E-state index in [0.717, 1.165) is 0 Å². The van der Waals surface area contributed by atoms with Crippen molar-refractivity contribution in [2.75, 3.05) is 13.7 Å². The second kappa shape index (κ2) is 10.1. The van der Waals surface area contributed by atoms with Crippen molar-refractivity contribution in [2.45, 2.75) is 6.92 Å². The second-order valence-electron chi connectivity index (χ2n) is 6.28. The molecule has 0 atom stereocenters. The Balaban J connectivity index is 1.59. The highest BCUT2D eigenvalue weighted by Gasteiger charge is 2.13. The van der Waals surface area contributed by atoms with Crippen LogP contribution in [0.1, 0.15) is 38.0 Å². The number of rotatable bonds is 7. The van der Waals surface area contributed by atoms with E-state index in [1.54, 1.807) is 38.3 Å². The van der Waals surface area contributed by atoms with Gasteiger partial charge in [0, 0.05) is 0 Å². The summed E-state index contributed by atoms with van der Waals surface area (Å²) in [6, 6.07) is 18.6. The summed E-state index contributed by atoms with van der Waals surface area (Å²) >= 11 is 0. The Morgan fingerprint density at radius 3 is 1.29 bits per heavy atom. The first-order valence-corrected chi connectivity index (χ1v) is 9.46. The summed E-state index contributed by atoms with van der Waals surface area (Å²) in [5.74, 6) is -0.351. The fourth-order valence-corrected chi connectivity index (χ4v) is 2.59. The van der Waals surface area contributed by atoms with Gasteiger partial charge >= 0.3 is 17.9 Å². The number of ether oxygens (including phenoxy) is 4. The molecule has 0 aliphatic heterocycles. The van der Waals surface area contributed by atoms with Crippen LogP contribution in [0.15, 0.2) is 72.8 Å². The van der Waals surface area contributed by atoms with Crippen LogP contribution in [0.3, 0.4) is 0 Å². The molecule has 0 saturated carbocycles. The van der Waals surface area contributed by atoms with Crippen molar-refractivity contribution in [1.29, 1.82) is 0 Å². The van der Waals surface area contributed by atoms with Gasteiger partial charge in [0.05, 0.1) is 30.4 Å². The van der Waals surface area contributed by atoms with E-state index in [1.807, 2.05) is 0 Å². The van der Waals surface area contributed by atoms with Gasteiger partial charge in [-0.1, -0.05) is 0 Å². The van der Waals surface area contributed by atoms with Crippen LogP contribution in [0.25, 0.3) is 0 Å². The van der Waals surface area contributed by atoms with Crippen molar-refractivity contribution in [3.05, 3.63) is 89.5 Å². The number of hydrogen-bond acceptors (Lipinski definition) is 7. The molecule has 0 heterocycles. The van der Waals surface area contributed by atoms with Crippen LogP contribution in [0, 0.1) is 0 Å². The maximum Gasteiger partial charge on any atom is 0.343 e. The summed E-state index contributed by atoms with van der Waals surface area (Å²) in [7, 11) is 1.54. The largest absolute Gasteiger partial charge is 0.497 e. The highest BCUT2D eigenvalue weighted by atomic mass is 16.5. The van der Waals surface area contributed by atoms with Crippen molar-refractivity contribution in [1.82, 2.24) is 0 Å². The van der Waals surface area contributed by atoms with Gasteiger partial charge in [-0.2, -0.15) is 0 Å². The first-order valence-electron chi connectivity index (χ1n) is 9.46. The molecule has 0 N–H and O–H groups in total. The van der Waals surface area contributed by atoms with Crippen LogP contribution in [-0.2, 0) is 4.74 Å². The third-order valence-electron chi connectivity index (χ3n) is 4.20. The van der Waals surface area contributed by atoms with E-state index < -0.39 is 17.9 Å². The predicted molar refractivity (Wildman–Crippen MR) is 112 cm³/mol. The highest BCUT2D eigenvalue weighted by molar-refractivity contribution is 5.93. The zero-order chi connectivity index (χ0) is 22.2. The van der Waals surface area contributed by atoms with Gasteiger partial charge in [-0.05, 0) is 79.7 Å². The van der Waals surface area contributed by atoms with Crippen LogP contribution in [0.2, 0.25) is 0 Å². The zero-order valence-electron chi connectivity index (χ0n) is 17.0. The van der Waals surface area contributed by atoms with Crippen molar-refractivity contribution < 1.29 is 33.3 Å². The van der Waals surface area contributed by atoms with Gasteiger partial charge in [0.1, 0.15) is 17.2 Å². The molecule has 3 aromatic rings. The quantitative estimate of drug-likeness (QED) is 0.416. The van der Waals surface area contributed by atoms with Crippen molar-refractivity contribution in [3.63, 3.8) is 0 Å². The lowest BCUT2D eigenvalue weighted by atomic mass is 10.2. The van der Waals surface area contributed by atoms with E-state index in [2.05, 4.69) is 0 Å². The van der Waals surface area contributed by atoms with Crippen molar-refractivity contribution >= 4 is 17.9 Å². The zero-order valence-corrected chi connectivity index (χ0v) is 17.0. The Morgan fingerprint density at radius 2 is 0.935 bits per heavy atom. The molecule has 7 nitrogen and oxygen atoms in total. The minimum Gasteiger partial charge on any atom is -0.497 e. The van der Waals surface area contributed by atoms with Crippen molar-refractivity contribution in [3.8, 4) is 17.2 Å². The fourth-order valence-electron chi connectivity index (χ4n) is 2.59. The van der Waals surface area contributed by atoms with Gasteiger partial charge in [0.2, 0.25) is 0 Å². The lowest BCUT2D eigenvalue weighted by molar-refractivity contribution is 0.0526. The normalized spacial score (nSPS) is 10.1. The minimum absolute atomic E-state index is 0.277. The van der Waals surface area contributed by atoms with Crippen molar-refractivity contribution in [2.24, 2.45) is 0 Å². The summed E-state index contributed by atoms with van der Waals surface area (Å²) in [6.45, 7) is 2.00. The molecular weight excluding hydrogens is 400 g/mol. The van der Waals surface area contributed by atoms with Crippen LogP contribution >= 0.6 is 0 Å². The molecule has 3 aromatic carbocycles. The number of carbonyl (C=O) groups is 3. The number of esters is 3. The molecule has 3 rings (SSSR count). The predicted octanol–water partition coefficient (Wildman–Crippen LogP) is 4.31. The first-order chi connectivity index (χ1) is 15.0. The monoisotopic (exact) mass is 420 g/mol. The SMILES string of the molecule is CCOC(=O)c1ccc(OC(=O)c2ccc(OC(=O)c3ccc(OC)cc3)cc2)cc1. The molecule has 31 heavy (non-hydrogen) atoms. The summed E-state index contributed by atoms with van der Waals surface area (Å²) in [6.07, 6.45) is 0. The Kier molecular flexibility index (Phi) is 7.01. The van der Waals surface area contributed by atoms with Gasteiger partial charge < -0.3 is 18.9 Å². The smallest absolute Gasteiger partial charge is 0.343 e. The van der Waals surface area contributed by atoms with E-state index in [1.165, 1.54) is 48.5 Å². The average molecular weight is 420 g/mol. The Labute approximate surface area is 179 Å². The van der Waals surface area contributed by atoms with E-state index in [0.29, 0.717) is 16.9 Å². The lowest BCUT2D eigenvalue weighted by Crippen LogP contribution is -2.10. The Morgan fingerprint density at radius 1 is 0.581 bits per heavy atom. The molecule has 0 aliphatic carbocycles. The summed E-state index contributed by atoms with van der Waals surface area (Å²) < 4.78 is 20.6. The lowest BCUT2D eigenvalue weighted by Gasteiger charge is -2.07. The molecular formula is C24H20O7. The molecule has 0 radical (unpaired) electrons. The number of methoxy groups -OCH3 is 1. The van der Waals surface area contributed by atoms with Crippen LogP contribution in [0.4, 0.5) is 0 Å².